The summed E-state index contributed by atoms with van der Waals surface area (Å²) in [5.74, 6) is 0.836. The fourth-order valence-corrected chi connectivity index (χ4v) is 4.93. The average Bonchev–Trinajstić information content (AvgIpc) is 2.99. The zero-order valence-corrected chi connectivity index (χ0v) is 14.0. The number of fused-ring (bicyclic) bond motifs is 1. The van der Waals surface area contributed by atoms with Crippen LogP contribution in [0, 0.1) is 5.41 Å². The lowest BCUT2D eigenvalue weighted by Crippen LogP contribution is -2.46. The van der Waals surface area contributed by atoms with Crippen molar-refractivity contribution in [3.8, 4) is 0 Å². The fourth-order valence-electron chi connectivity index (χ4n) is 4.93. The van der Waals surface area contributed by atoms with Gasteiger partial charge in [-0.15, -0.1) is 0 Å². The maximum atomic E-state index is 12.9. The van der Waals surface area contributed by atoms with Gasteiger partial charge in [0.2, 0.25) is 5.91 Å². The second kappa shape index (κ2) is 6.14. The molecule has 1 spiro atoms. The van der Waals surface area contributed by atoms with Gasteiger partial charge >= 0.3 is 0 Å². The summed E-state index contributed by atoms with van der Waals surface area (Å²) in [5.41, 5.74) is 3.27. The maximum Gasteiger partial charge on any atom is 0.223 e. The van der Waals surface area contributed by atoms with Crippen LogP contribution in [0.2, 0.25) is 0 Å². The highest BCUT2D eigenvalue weighted by Gasteiger charge is 2.37. The molecule has 1 heterocycles. The molecule has 4 rings (SSSR count). The third-order valence-electron chi connectivity index (χ3n) is 6.25. The summed E-state index contributed by atoms with van der Waals surface area (Å²) in [6, 6.07) is 8.69. The molecule has 1 saturated heterocycles. The van der Waals surface area contributed by atoms with Crippen molar-refractivity contribution in [1.29, 1.82) is 0 Å². The van der Waals surface area contributed by atoms with Crippen LogP contribution in [0.5, 0.6) is 0 Å². The average molecular weight is 309 g/mol. The minimum absolute atomic E-state index is 0.385. The van der Waals surface area contributed by atoms with Crippen molar-refractivity contribution >= 4 is 5.91 Å². The second-order valence-corrected chi connectivity index (χ2v) is 7.77. The van der Waals surface area contributed by atoms with Gasteiger partial charge in [-0.1, -0.05) is 36.4 Å². The molecule has 2 nitrogen and oxygen atoms in total. The van der Waals surface area contributed by atoms with E-state index >= 15 is 0 Å². The molecular weight excluding hydrogens is 282 g/mol. The summed E-state index contributed by atoms with van der Waals surface area (Å²) in [6.07, 6.45) is 13.7. The predicted octanol–water partition coefficient (Wildman–Crippen LogP) is 4.46. The van der Waals surface area contributed by atoms with E-state index < -0.39 is 0 Å². The number of allylic oxidation sites excluding steroid dienone is 2. The van der Waals surface area contributed by atoms with E-state index in [1.165, 1.54) is 43.2 Å². The minimum atomic E-state index is 0.385. The summed E-state index contributed by atoms with van der Waals surface area (Å²) in [4.78, 5) is 15.1. The molecule has 1 aromatic rings. The van der Waals surface area contributed by atoms with Gasteiger partial charge < -0.3 is 4.90 Å². The predicted molar refractivity (Wildman–Crippen MR) is 93.4 cm³/mol. The number of hydrogen-bond acceptors (Lipinski definition) is 1. The SMILES string of the molecule is O=C(CC1CCc2ccccc21)N1CCCC2(CC=CCC2)C1. The van der Waals surface area contributed by atoms with E-state index in [1.54, 1.807) is 0 Å². The molecule has 2 heteroatoms. The Morgan fingerprint density at radius 2 is 2.13 bits per heavy atom. The van der Waals surface area contributed by atoms with Gasteiger partial charge in [-0.25, -0.2) is 0 Å². The Morgan fingerprint density at radius 3 is 3.00 bits per heavy atom. The number of carbonyl (C=O) groups is 1. The molecule has 122 valence electrons. The molecule has 2 atom stereocenters. The van der Waals surface area contributed by atoms with Gasteiger partial charge in [0, 0.05) is 19.5 Å². The van der Waals surface area contributed by atoms with Crippen molar-refractivity contribution in [1.82, 2.24) is 4.90 Å². The van der Waals surface area contributed by atoms with Gasteiger partial charge in [-0.3, -0.25) is 4.79 Å². The first-order chi connectivity index (χ1) is 11.3. The molecule has 2 aliphatic carbocycles. The minimum Gasteiger partial charge on any atom is -0.342 e. The number of amides is 1. The number of rotatable bonds is 2. The second-order valence-electron chi connectivity index (χ2n) is 7.77. The Bertz CT molecular complexity index is 620. The monoisotopic (exact) mass is 309 g/mol. The maximum absolute atomic E-state index is 12.9. The summed E-state index contributed by atoms with van der Waals surface area (Å²) in [7, 11) is 0. The third kappa shape index (κ3) is 2.96. The van der Waals surface area contributed by atoms with Gasteiger partial charge in [0.15, 0.2) is 0 Å². The van der Waals surface area contributed by atoms with E-state index in [9.17, 15) is 4.79 Å². The van der Waals surface area contributed by atoms with Crippen molar-refractivity contribution in [2.24, 2.45) is 5.41 Å². The van der Waals surface area contributed by atoms with Crippen LogP contribution in [0.3, 0.4) is 0 Å². The lowest BCUT2D eigenvalue weighted by Gasteiger charge is -2.44. The van der Waals surface area contributed by atoms with Crippen LogP contribution in [0.25, 0.3) is 0 Å². The Kier molecular flexibility index (Phi) is 4.00. The van der Waals surface area contributed by atoms with Crippen molar-refractivity contribution in [2.75, 3.05) is 13.1 Å². The van der Waals surface area contributed by atoms with Crippen molar-refractivity contribution in [3.63, 3.8) is 0 Å². The van der Waals surface area contributed by atoms with Gasteiger partial charge in [-0.05, 0) is 67.4 Å². The van der Waals surface area contributed by atoms with E-state index in [1.807, 2.05) is 0 Å². The molecule has 1 fully saturated rings. The standard InChI is InChI=1S/C21H27NO/c23-20(15-18-10-9-17-7-2-3-8-19(17)18)22-14-6-13-21(16-22)11-4-1-5-12-21/h1-4,7-8,18H,5-6,9-16H2. The molecule has 0 N–H and O–H groups in total. The van der Waals surface area contributed by atoms with Crippen molar-refractivity contribution in [3.05, 3.63) is 47.5 Å². The largest absolute Gasteiger partial charge is 0.342 e. The smallest absolute Gasteiger partial charge is 0.223 e. The molecule has 1 aromatic carbocycles. The van der Waals surface area contributed by atoms with Crippen LogP contribution in [-0.2, 0) is 11.2 Å². The van der Waals surface area contributed by atoms with Gasteiger partial charge in [0.25, 0.3) is 0 Å². The number of carbonyl (C=O) groups excluding carboxylic acids is 1. The van der Waals surface area contributed by atoms with Crippen LogP contribution in [0.1, 0.15) is 62.0 Å². The zero-order valence-electron chi connectivity index (χ0n) is 14.0. The first-order valence-corrected chi connectivity index (χ1v) is 9.26. The van der Waals surface area contributed by atoms with E-state index in [-0.39, 0.29) is 0 Å². The van der Waals surface area contributed by atoms with Gasteiger partial charge in [0.1, 0.15) is 0 Å². The number of likely N-dealkylation sites (tertiary alicyclic amines) is 1. The number of nitrogens with zero attached hydrogens (tertiary/aromatic N) is 1. The lowest BCUT2D eigenvalue weighted by atomic mass is 9.71. The Labute approximate surface area is 139 Å². The van der Waals surface area contributed by atoms with Crippen molar-refractivity contribution in [2.45, 2.75) is 57.3 Å². The van der Waals surface area contributed by atoms with Crippen LogP contribution >= 0.6 is 0 Å². The van der Waals surface area contributed by atoms with Crippen LogP contribution in [0.4, 0.5) is 0 Å². The molecule has 0 aromatic heterocycles. The summed E-state index contributed by atoms with van der Waals surface area (Å²) < 4.78 is 0. The summed E-state index contributed by atoms with van der Waals surface area (Å²) >= 11 is 0. The molecule has 0 saturated carbocycles. The highest BCUT2D eigenvalue weighted by molar-refractivity contribution is 5.77. The van der Waals surface area contributed by atoms with Crippen LogP contribution in [0.15, 0.2) is 36.4 Å². The molecule has 0 bridgehead atoms. The number of piperidine rings is 1. The Morgan fingerprint density at radius 1 is 1.22 bits per heavy atom. The van der Waals surface area contributed by atoms with E-state index in [0.29, 0.717) is 23.7 Å². The molecule has 3 aliphatic rings. The number of benzene rings is 1. The van der Waals surface area contributed by atoms with Crippen LogP contribution in [-0.4, -0.2) is 23.9 Å². The quantitative estimate of drug-likeness (QED) is 0.739. The fraction of sp³-hybridized carbons (Fsp3) is 0.571. The molecule has 1 amide bonds. The number of aryl methyl sites for hydroxylation is 1. The summed E-state index contributed by atoms with van der Waals surface area (Å²) in [5, 5.41) is 0. The highest BCUT2D eigenvalue weighted by Crippen LogP contribution is 2.42. The van der Waals surface area contributed by atoms with Gasteiger partial charge in [-0.2, -0.15) is 0 Å². The third-order valence-corrected chi connectivity index (χ3v) is 6.25. The van der Waals surface area contributed by atoms with Gasteiger partial charge in [0.05, 0.1) is 0 Å². The number of hydrogen-bond donors (Lipinski definition) is 0. The van der Waals surface area contributed by atoms with Crippen molar-refractivity contribution < 1.29 is 4.79 Å². The van der Waals surface area contributed by atoms with E-state index in [0.717, 1.165) is 25.9 Å². The lowest BCUT2D eigenvalue weighted by molar-refractivity contribution is -0.135. The van der Waals surface area contributed by atoms with E-state index in [2.05, 4.69) is 41.3 Å². The Hall–Kier alpha value is -1.57. The Balaban J connectivity index is 1.42. The molecule has 2 unspecified atom stereocenters. The first-order valence-electron chi connectivity index (χ1n) is 9.26. The highest BCUT2D eigenvalue weighted by atomic mass is 16.2. The molecule has 23 heavy (non-hydrogen) atoms. The summed E-state index contributed by atoms with van der Waals surface area (Å²) in [6.45, 7) is 1.96. The molecule has 0 radical (unpaired) electrons. The van der Waals surface area contributed by atoms with Crippen LogP contribution < -0.4 is 0 Å². The van der Waals surface area contributed by atoms with E-state index in [4.69, 9.17) is 0 Å². The topological polar surface area (TPSA) is 20.3 Å². The first kappa shape index (κ1) is 15.0. The molecule has 1 aliphatic heterocycles. The normalized spacial score (nSPS) is 29.7. The zero-order chi connectivity index (χ0) is 15.7. The molecular formula is C21H27NO.